The second-order valence-electron chi connectivity index (χ2n) is 6.18. The highest BCUT2D eigenvalue weighted by molar-refractivity contribution is 6.31. The number of hydrogen-bond acceptors (Lipinski definition) is 3. The van der Waals surface area contributed by atoms with Crippen molar-refractivity contribution in [2.75, 3.05) is 20.2 Å². The van der Waals surface area contributed by atoms with E-state index in [9.17, 15) is 14.0 Å². The molecule has 0 saturated carbocycles. The molecular weight excluding hydrogens is 361 g/mol. The minimum atomic E-state index is -0.460. The molecule has 2 atom stereocenters. The van der Waals surface area contributed by atoms with E-state index in [0.29, 0.717) is 41.4 Å². The van der Waals surface area contributed by atoms with Gasteiger partial charge in [0.2, 0.25) is 0 Å². The van der Waals surface area contributed by atoms with E-state index in [1.165, 1.54) is 6.07 Å². The van der Waals surface area contributed by atoms with Crippen LogP contribution in [0.4, 0.5) is 9.18 Å². The van der Waals surface area contributed by atoms with Crippen molar-refractivity contribution in [3.05, 3.63) is 45.9 Å². The minimum absolute atomic E-state index is 0.244. The van der Waals surface area contributed by atoms with Gasteiger partial charge in [-0.3, -0.25) is 0 Å². The summed E-state index contributed by atoms with van der Waals surface area (Å²) in [6.45, 7) is 4.48. The van der Waals surface area contributed by atoms with Crippen LogP contribution in [-0.2, 0) is 16.1 Å². The first-order valence-electron chi connectivity index (χ1n) is 8.59. The molecule has 1 aliphatic heterocycles. The summed E-state index contributed by atoms with van der Waals surface area (Å²) < 4.78 is 19.1. The lowest BCUT2D eigenvalue weighted by Gasteiger charge is -2.29. The number of rotatable bonds is 7. The molecule has 26 heavy (non-hydrogen) atoms. The SMILES string of the molecule is CCOC(=O)C1=C(C[NH+](C)Cc2c(F)cccc2Cl)NC(=O)N[C@H]1CC. The van der Waals surface area contributed by atoms with Crippen LogP contribution in [0.5, 0.6) is 0 Å². The maximum Gasteiger partial charge on any atom is 0.338 e. The monoisotopic (exact) mass is 384 g/mol. The summed E-state index contributed by atoms with van der Waals surface area (Å²) in [5.41, 5.74) is 1.30. The third kappa shape index (κ3) is 4.74. The van der Waals surface area contributed by atoms with E-state index < -0.39 is 12.0 Å². The van der Waals surface area contributed by atoms with Crippen LogP contribution in [0.1, 0.15) is 25.8 Å². The lowest BCUT2D eigenvalue weighted by atomic mass is 10.00. The number of halogens is 2. The predicted molar refractivity (Wildman–Crippen MR) is 96.3 cm³/mol. The first-order valence-corrected chi connectivity index (χ1v) is 8.97. The summed E-state index contributed by atoms with van der Waals surface area (Å²) in [7, 11) is 1.84. The number of likely N-dealkylation sites (N-methyl/N-ethyl adjacent to an activating group) is 1. The van der Waals surface area contributed by atoms with Gasteiger partial charge in [-0.1, -0.05) is 24.6 Å². The fourth-order valence-corrected chi connectivity index (χ4v) is 3.20. The van der Waals surface area contributed by atoms with Crippen LogP contribution < -0.4 is 15.5 Å². The molecular formula is C18H24ClFN3O3+. The van der Waals surface area contributed by atoms with E-state index in [4.69, 9.17) is 16.3 Å². The van der Waals surface area contributed by atoms with Gasteiger partial charge in [0, 0.05) is 0 Å². The summed E-state index contributed by atoms with van der Waals surface area (Å²) in [5.74, 6) is -0.837. The molecule has 0 aromatic heterocycles. The van der Waals surface area contributed by atoms with E-state index in [2.05, 4.69) is 10.6 Å². The van der Waals surface area contributed by atoms with E-state index in [0.717, 1.165) is 4.90 Å². The fraction of sp³-hybridized carbons (Fsp3) is 0.444. The third-order valence-electron chi connectivity index (χ3n) is 4.17. The third-order valence-corrected chi connectivity index (χ3v) is 4.52. The summed E-state index contributed by atoms with van der Waals surface area (Å²) in [6, 6.07) is 3.77. The van der Waals surface area contributed by atoms with Gasteiger partial charge >= 0.3 is 12.0 Å². The molecule has 0 radical (unpaired) electrons. The maximum atomic E-state index is 14.0. The second-order valence-corrected chi connectivity index (χ2v) is 6.59. The minimum Gasteiger partial charge on any atom is -0.463 e. The molecule has 6 nitrogen and oxygen atoms in total. The normalized spacial score (nSPS) is 18.2. The van der Waals surface area contributed by atoms with Gasteiger partial charge < -0.3 is 20.3 Å². The van der Waals surface area contributed by atoms with Crippen molar-refractivity contribution in [2.45, 2.75) is 32.9 Å². The Morgan fingerprint density at radius 3 is 2.69 bits per heavy atom. The van der Waals surface area contributed by atoms with Crippen molar-refractivity contribution in [3.8, 4) is 0 Å². The van der Waals surface area contributed by atoms with Gasteiger partial charge in [0.25, 0.3) is 0 Å². The van der Waals surface area contributed by atoms with E-state index in [1.54, 1.807) is 19.1 Å². The van der Waals surface area contributed by atoms with Crippen LogP contribution >= 0.6 is 11.6 Å². The number of urea groups is 1. The van der Waals surface area contributed by atoms with Gasteiger partial charge in [-0.25, -0.2) is 14.0 Å². The molecule has 0 aliphatic carbocycles. The maximum absolute atomic E-state index is 14.0. The van der Waals surface area contributed by atoms with Gasteiger partial charge in [-0.15, -0.1) is 0 Å². The number of amides is 2. The van der Waals surface area contributed by atoms with Crippen LogP contribution in [0.25, 0.3) is 0 Å². The molecule has 0 spiro atoms. The first kappa shape index (κ1) is 20.2. The average Bonchev–Trinajstić information content (AvgIpc) is 2.57. The zero-order valence-electron chi connectivity index (χ0n) is 15.1. The second kappa shape index (κ2) is 9.00. The molecule has 0 fully saturated rings. The zero-order chi connectivity index (χ0) is 19.3. The molecule has 1 unspecified atom stereocenters. The number of esters is 1. The van der Waals surface area contributed by atoms with Crippen LogP contribution in [0, 0.1) is 5.82 Å². The van der Waals surface area contributed by atoms with Crippen molar-refractivity contribution in [1.82, 2.24) is 10.6 Å². The van der Waals surface area contributed by atoms with Crippen molar-refractivity contribution in [2.24, 2.45) is 0 Å². The topological polar surface area (TPSA) is 71.9 Å². The average molecular weight is 385 g/mol. The molecule has 2 rings (SSSR count). The van der Waals surface area contributed by atoms with Crippen LogP contribution in [0.15, 0.2) is 29.5 Å². The molecule has 0 saturated heterocycles. The van der Waals surface area contributed by atoms with Crippen LogP contribution in [0.3, 0.4) is 0 Å². The fourth-order valence-electron chi connectivity index (χ4n) is 2.97. The largest absolute Gasteiger partial charge is 0.463 e. The molecule has 1 aromatic rings. The standard InChI is InChI=1S/C18H23ClFN3O3/c1-4-14-16(17(24)26-5-2)15(22-18(25)21-14)10-23(3)9-11-12(19)7-6-8-13(11)20/h6-8,14H,4-5,9-10H2,1-3H3,(H2,21,22,25)/p+1/t14-/m0/s1. The number of ether oxygens (including phenoxy) is 1. The molecule has 1 heterocycles. The summed E-state index contributed by atoms with van der Waals surface area (Å²) >= 11 is 6.09. The smallest absolute Gasteiger partial charge is 0.338 e. The van der Waals surface area contributed by atoms with Crippen LogP contribution in [-0.4, -0.2) is 38.2 Å². The summed E-state index contributed by atoms with van der Waals surface area (Å²) in [6.07, 6.45) is 0.559. The highest BCUT2D eigenvalue weighted by atomic mass is 35.5. The van der Waals surface area contributed by atoms with Gasteiger partial charge in [-0.2, -0.15) is 0 Å². The molecule has 8 heteroatoms. The Morgan fingerprint density at radius 1 is 1.35 bits per heavy atom. The number of carbonyl (C=O) groups is 2. The Bertz CT molecular complexity index is 703. The zero-order valence-corrected chi connectivity index (χ0v) is 15.9. The van der Waals surface area contributed by atoms with E-state index in [-0.39, 0.29) is 18.5 Å². The Hall–Kier alpha value is -2.12. The lowest BCUT2D eigenvalue weighted by Crippen LogP contribution is -3.08. The van der Waals surface area contributed by atoms with Crippen molar-refractivity contribution < 1.29 is 23.6 Å². The molecule has 2 amide bonds. The molecule has 1 aliphatic rings. The van der Waals surface area contributed by atoms with Gasteiger partial charge in [0.05, 0.1) is 41.6 Å². The Balaban J connectivity index is 2.26. The van der Waals surface area contributed by atoms with Crippen molar-refractivity contribution in [3.63, 3.8) is 0 Å². The first-order chi connectivity index (χ1) is 12.4. The molecule has 3 N–H and O–H groups in total. The molecule has 1 aromatic carbocycles. The Morgan fingerprint density at radius 2 is 2.08 bits per heavy atom. The number of benzene rings is 1. The molecule has 142 valence electrons. The predicted octanol–water partition coefficient (Wildman–Crippen LogP) is 1.40. The lowest BCUT2D eigenvalue weighted by molar-refractivity contribution is -0.889. The quantitative estimate of drug-likeness (QED) is 0.622. The van der Waals surface area contributed by atoms with Gasteiger partial charge in [-0.05, 0) is 25.5 Å². The highest BCUT2D eigenvalue weighted by Crippen LogP contribution is 2.18. The van der Waals surface area contributed by atoms with Crippen molar-refractivity contribution >= 4 is 23.6 Å². The van der Waals surface area contributed by atoms with E-state index in [1.807, 2.05) is 14.0 Å². The number of carbonyl (C=O) groups excluding carboxylic acids is 2. The van der Waals surface area contributed by atoms with Gasteiger partial charge in [0.1, 0.15) is 18.9 Å². The van der Waals surface area contributed by atoms with Crippen LogP contribution in [0.2, 0.25) is 5.02 Å². The Labute approximate surface area is 157 Å². The highest BCUT2D eigenvalue weighted by Gasteiger charge is 2.33. The summed E-state index contributed by atoms with van der Waals surface area (Å²) in [5, 5.41) is 5.78. The molecule has 0 bridgehead atoms. The van der Waals surface area contributed by atoms with E-state index >= 15 is 0 Å². The number of quaternary nitrogens is 1. The van der Waals surface area contributed by atoms with Crippen molar-refractivity contribution in [1.29, 1.82) is 0 Å². The Kier molecular flexibility index (Phi) is 6.99. The summed E-state index contributed by atoms with van der Waals surface area (Å²) in [4.78, 5) is 25.2. The number of nitrogens with one attached hydrogen (secondary N) is 3. The van der Waals surface area contributed by atoms with Gasteiger partial charge in [0.15, 0.2) is 0 Å². The number of hydrogen-bond donors (Lipinski definition) is 3.